The third kappa shape index (κ3) is 2.93. The summed E-state index contributed by atoms with van der Waals surface area (Å²) in [6.45, 7) is 3.99. The van der Waals surface area contributed by atoms with E-state index >= 15 is 0 Å². The van der Waals surface area contributed by atoms with E-state index in [4.69, 9.17) is 0 Å². The van der Waals surface area contributed by atoms with E-state index in [-0.39, 0.29) is 0 Å². The van der Waals surface area contributed by atoms with Crippen molar-refractivity contribution in [3.63, 3.8) is 0 Å². The van der Waals surface area contributed by atoms with Crippen molar-refractivity contribution in [2.45, 2.75) is 25.8 Å². The zero-order valence-electron chi connectivity index (χ0n) is 11.0. The Balaban J connectivity index is 2.15. The summed E-state index contributed by atoms with van der Waals surface area (Å²) in [7, 11) is 1.93. The van der Waals surface area contributed by atoms with Crippen LogP contribution in [-0.2, 0) is 16.8 Å². The average molecular weight is 297 g/mol. The Hall–Kier alpha value is -1.47. The molecule has 2 rings (SSSR count). The van der Waals surface area contributed by atoms with E-state index in [1.807, 2.05) is 17.3 Å². The molecule has 0 aliphatic carbocycles. The summed E-state index contributed by atoms with van der Waals surface area (Å²) in [6, 6.07) is 0. The van der Waals surface area contributed by atoms with Gasteiger partial charge in [-0.15, -0.1) is 22.7 Å². The number of carboxylic acids is 1. The van der Waals surface area contributed by atoms with E-state index in [1.54, 1.807) is 36.1 Å². The first-order valence-corrected chi connectivity index (χ1v) is 7.51. The quantitative estimate of drug-likeness (QED) is 0.919. The molecule has 0 unspecified atom stereocenters. The van der Waals surface area contributed by atoms with Gasteiger partial charge in [-0.1, -0.05) is 0 Å². The summed E-state index contributed by atoms with van der Waals surface area (Å²) in [4.78, 5) is 21.8. The number of anilines is 1. The SMILES string of the molecule is CN(Cc1cscn1)c1nc(C(C)(C)C(=O)O)cs1. The maximum Gasteiger partial charge on any atom is 0.315 e. The molecular weight excluding hydrogens is 282 g/mol. The maximum absolute atomic E-state index is 11.2. The fraction of sp³-hybridized carbons (Fsp3) is 0.417. The van der Waals surface area contributed by atoms with Gasteiger partial charge in [0.05, 0.1) is 23.4 Å². The van der Waals surface area contributed by atoms with Crippen molar-refractivity contribution < 1.29 is 9.90 Å². The zero-order valence-corrected chi connectivity index (χ0v) is 12.6. The molecule has 19 heavy (non-hydrogen) atoms. The number of hydrogen-bond acceptors (Lipinski definition) is 6. The Kier molecular flexibility index (Phi) is 3.86. The number of aliphatic carboxylic acids is 1. The Bertz CT molecular complexity index is 563. The van der Waals surface area contributed by atoms with Gasteiger partial charge in [-0.2, -0.15) is 0 Å². The van der Waals surface area contributed by atoms with Crippen LogP contribution in [0.3, 0.4) is 0 Å². The molecule has 0 aliphatic rings. The van der Waals surface area contributed by atoms with E-state index in [2.05, 4.69) is 9.97 Å². The van der Waals surface area contributed by atoms with Crippen molar-refractivity contribution in [3.05, 3.63) is 27.7 Å². The highest BCUT2D eigenvalue weighted by atomic mass is 32.1. The number of thiazole rings is 2. The lowest BCUT2D eigenvalue weighted by molar-refractivity contribution is -0.142. The molecule has 1 N–H and O–H groups in total. The molecule has 0 saturated heterocycles. The van der Waals surface area contributed by atoms with Crippen molar-refractivity contribution in [2.75, 3.05) is 11.9 Å². The topological polar surface area (TPSA) is 66.3 Å². The molecule has 102 valence electrons. The van der Waals surface area contributed by atoms with Gasteiger partial charge in [-0.3, -0.25) is 4.79 Å². The Morgan fingerprint density at radius 2 is 2.21 bits per heavy atom. The maximum atomic E-state index is 11.2. The summed E-state index contributed by atoms with van der Waals surface area (Å²) in [5.41, 5.74) is 2.41. The van der Waals surface area contributed by atoms with Gasteiger partial charge >= 0.3 is 5.97 Å². The molecule has 0 spiro atoms. The highest BCUT2D eigenvalue weighted by Crippen LogP contribution is 2.29. The molecule has 0 amide bonds. The summed E-state index contributed by atoms with van der Waals surface area (Å²) in [5, 5.41) is 13.8. The molecule has 0 aromatic carbocycles. The number of hydrogen-bond donors (Lipinski definition) is 1. The fourth-order valence-electron chi connectivity index (χ4n) is 1.46. The number of aromatic nitrogens is 2. The summed E-state index contributed by atoms with van der Waals surface area (Å²) >= 11 is 3.01. The fourth-order valence-corrected chi connectivity index (χ4v) is 2.97. The van der Waals surface area contributed by atoms with Crippen LogP contribution in [0.4, 0.5) is 5.13 Å². The van der Waals surface area contributed by atoms with E-state index in [1.165, 1.54) is 11.3 Å². The predicted molar refractivity (Wildman–Crippen MR) is 77.0 cm³/mol. The van der Waals surface area contributed by atoms with Crippen LogP contribution in [-0.4, -0.2) is 28.1 Å². The second-order valence-electron chi connectivity index (χ2n) is 4.78. The summed E-state index contributed by atoms with van der Waals surface area (Å²) in [6.07, 6.45) is 0. The molecular formula is C12H15N3O2S2. The standard InChI is InChI=1S/C12H15N3O2S2/c1-12(2,10(16)17)9-6-19-11(14-9)15(3)4-8-5-18-7-13-8/h5-7H,4H2,1-3H3,(H,16,17). The van der Waals surface area contributed by atoms with E-state index in [9.17, 15) is 9.90 Å². The summed E-state index contributed by atoms with van der Waals surface area (Å²) < 4.78 is 0. The van der Waals surface area contributed by atoms with Gasteiger partial charge in [-0.25, -0.2) is 9.97 Å². The average Bonchev–Trinajstić information content (AvgIpc) is 2.98. The van der Waals surface area contributed by atoms with Gasteiger partial charge in [0.25, 0.3) is 0 Å². The molecule has 7 heteroatoms. The Morgan fingerprint density at radius 1 is 1.47 bits per heavy atom. The largest absolute Gasteiger partial charge is 0.481 e. The number of nitrogens with zero attached hydrogens (tertiary/aromatic N) is 3. The lowest BCUT2D eigenvalue weighted by Crippen LogP contribution is -2.29. The number of carbonyl (C=O) groups is 1. The Morgan fingerprint density at radius 3 is 2.79 bits per heavy atom. The van der Waals surface area contributed by atoms with Gasteiger partial charge in [0.15, 0.2) is 5.13 Å². The minimum absolute atomic E-state index is 0.588. The third-order valence-electron chi connectivity index (χ3n) is 2.88. The van der Waals surface area contributed by atoms with Gasteiger partial charge in [-0.05, 0) is 13.8 Å². The molecule has 0 aliphatic heterocycles. The third-order valence-corrected chi connectivity index (χ3v) is 4.47. The predicted octanol–water partition coefficient (Wildman–Crippen LogP) is 2.60. The van der Waals surface area contributed by atoms with Crippen molar-refractivity contribution in [3.8, 4) is 0 Å². The van der Waals surface area contributed by atoms with Gasteiger partial charge in [0.1, 0.15) is 5.41 Å². The van der Waals surface area contributed by atoms with Crippen LogP contribution < -0.4 is 4.90 Å². The molecule has 2 aromatic rings. The molecule has 0 radical (unpaired) electrons. The van der Waals surface area contributed by atoms with Crippen LogP contribution >= 0.6 is 22.7 Å². The van der Waals surface area contributed by atoms with Crippen LogP contribution in [0.2, 0.25) is 0 Å². The zero-order chi connectivity index (χ0) is 14.0. The molecule has 2 heterocycles. The normalized spacial score (nSPS) is 11.5. The lowest BCUT2D eigenvalue weighted by atomic mass is 9.90. The Labute approximate surface area is 119 Å². The minimum Gasteiger partial charge on any atom is -0.481 e. The van der Waals surface area contributed by atoms with Crippen molar-refractivity contribution in [1.29, 1.82) is 0 Å². The van der Waals surface area contributed by atoms with Crippen molar-refractivity contribution in [2.24, 2.45) is 0 Å². The van der Waals surface area contributed by atoms with E-state index < -0.39 is 11.4 Å². The van der Waals surface area contributed by atoms with Crippen LogP contribution in [0.1, 0.15) is 25.2 Å². The van der Waals surface area contributed by atoms with Gasteiger partial charge in [0, 0.05) is 17.8 Å². The van der Waals surface area contributed by atoms with Gasteiger partial charge in [0.2, 0.25) is 0 Å². The second kappa shape index (κ2) is 5.26. The summed E-state index contributed by atoms with van der Waals surface area (Å²) in [5.74, 6) is -0.869. The van der Waals surface area contributed by atoms with Gasteiger partial charge < -0.3 is 10.0 Å². The molecule has 0 saturated carbocycles. The van der Waals surface area contributed by atoms with E-state index in [0.717, 1.165) is 10.8 Å². The molecule has 0 fully saturated rings. The monoisotopic (exact) mass is 297 g/mol. The van der Waals surface area contributed by atoms with Crippen LogP contribution in [0.15, 0.2) is 16.3 Å². The smallest absolute Gasteiger partial charge is 0.315 e. The molecule has 0 bridgehead atoms. The second-order valence-corrected chi connectivity index (χ2v) is 6.34. The lowest BCUT2D eigenvalue weighted by Gasteiger charge is -2.17. The number of carboxylic acid groups (broad SMARTS) is 1. The van der Waals surface area contributed by atoms with Crippen LogP contribution in [0, 0.1) is 0 Å². The van der Waals surface area contributed by atoms with Crippen molar-refractivity contribution in [1.82, 2.24) is 9.97 Å². The first kappa shape index (κ1) is 14.0. The molecule has 0 atom stereocenters. The van der Waals surface area contributed by atoms with Crippen LogP contribution in [0.25, 0.3) is 0 Å². The first-order chi connectivity index (χ1) is 8.91. The number of rotatable bonds is 5. The first-order valence-electron chi connectivity index (χ1n) is 5.69. The highest BCUT2D eigenvalue weighted by molar-refractivity contribution is 7.13. The minimum atomic E-state index is -0.962. The molecule has 2 aromatic heterocycles. The van der Waals surface area contributed by atoms with Crippen molar-refractivity contribution >= 4 is 33.8 Å². The molecule has 5 nitrogen and oxygen atoms in total. The van der Waals surface area contributed by atoms with E-state index in [0.29, 0.717) is 12.2 Å². The van der Waals surface area contributed by atoms with Crippen LogP contribution in [0.5, 0.6) is 0 Å². The highest BCUT2D eigenvalue weighted by Gasteiger charge is 2.32.